The van der Waals surface area contributed by atoms with Crippen molar-refractivity contribution in [1.29, 1.82) is 0 Å². The van der Waals surface area contributed by atoms with E-state index >= 15 is 0 Å². The summed E-state index contributed by atoms with van der Waals surface area (Å²) in [6.07, 6.45) is 2.39. The second kappa shape index (κ2) is 10.2. The van der Waals surface area contributed by atoms with Crippen molar-refractivity contribution in [2.45, 2.75) is 26.3 Å². The number of aliphatic carboxylic acids is 1. The summed E-state index contributed by atoms with van der Waals surface area (Å²) in [5, 5.41) is 12.2. The number of ether oxygens (including phenoxy) is 1. The number of carbonyl (C=O) groups is 3. The maximum absolute atomic E-state index is 12.6. The molecule has 11 nitrogen and oxygen atoms in total. The lowest BCUT2D eigenvalue weighted by Crippen LogP contribution is -2.49. The molecule has 2 saturated heterocycles. The fourth-order valence-corrected chi connectivity index (χ4v) is 4.21. The number of carboxylic acid groups (broad SMARTS) is 1. The first-order valence-electron chi connectivity index (χ1n) is 11.2. The van der Waals surface area contributed by atoms with E-state index in [9.17, 15) is 14.4 Å². The van der Waals surface area contributed by atoms with Gasteiger partial charge in [-0.25, -0.2) is 19.7 Å². The molecule has 0 aromatic carbocycles. The van der Waals surface area contributed by atoms with Gasteiger partial charge in [-0.05, 0) is 41.9 Å². The van der Waals surface area contributed by atoms with E-state index in [1.165, 1.54) is 11.1 Å². The summed E-state index contributed by atoms with van der Waals surface area (Å²) in [6.45, 7) is 5.90. The minimum atomic E-state index is -0.902. The van der Waals surface area contributed by atoms with E-state index in [4.69, 9.17) is 22.1 Å². The van der Waals surface area contributed by atoms with Gasteiger partial charge in [-0.3, -0.25) is 9.59 Å². The fourth-order valence-electron chi connectivity index (χ4n) is 3.90. The van der Waals surface area contributed by atoms with Crippen LogP contribution in [0.1, 0.15) is 19.4 Å². The Hall–Kier alpha value is -3.80. The Kier molecular flexibility index (Phi) is 7.10. The molecule has 12 heteroatoms. The first-order valence-corrected chi connectivity index (χ1v) is 11.6. The zero-order chi connectivity index (χ0) is 25.1. The smallest absolute Gasteiger partial charge is 0.415 e. The van der Waals surface area contributed by atoms with Crippen molar-refractivity contribution in [1.82, 2.24) is 20.2 Å². The molecule has 2 amide bonds. The van der Waals surface area contributed by atoms with Crippen LogP contribution < -0.4 is 19.9 Å². The van der Waals surface area contributed by atoms with Gasteiger partial charge in [-0.2, -0.15) is 0 Å². The maximum atomic E-state index is 12.6. The van der Waals surface area contributed by atoms with Crippen LogP contribution in [0.4, 0.5) is 16.4 Å². The first-order chi connectivity index (χ1) is 16.7. The highest BCUT2D eigenvalue weighted by molar-refractivity contribution is 7.80. The van der Waals surface area contributed by atoms with Gasteiger partial charge in [0.25, 0.3) is 5.91 Å². The van der Waals surface area contributed by atoms with Crippen molar-refractivity contribution in [2.24, 2.45) is 5.92 Å². The summed E-state index contributed by atoms with van der Waals surface area (Å²) in [5.41, 5.74) is 0.634. The normalized spacial score (nSPS) is 18.1. The van der Waals surface area contributed by atoms with Gasteiger partial charge in [0, 0.05) is 32.4 Å². The van der Waals surface area contributed by atoms with E-state index in [0.717, 1.165) is 5.82 Å². The predicted molar refractivity (Wildman–Crippen MR) is 131 cm³/mol. The Morgan fingerprint density at radius 3 is 2.34 bits per heavy atom. The number of thiocarbonyl (C=S) groups is 1. The van der Waals surface area contributed by atoms with E-state index in [2.05, 4.69) is 15.3 Å². The van der Waals surface area contributed by atoms with Crippen LogP contribution in [0.5, 0.6) is 5.75 Å². The van der Waals surface area contributed by atoms with Crippen molar-refractivity contribution in [3.8, 4) is 5.75 Å². The lowest BCUT2D eigenvalue weighted by atomic mass is 10.1. The molecule has 0 spiro atoms. The topological polar surface area (TPSA) is 128 Å². The fraction of sp³-hybridized carbons (Fsp3) is 0.391. The highest BCUT2D eigenvalue weighted by Crippen LogP contribution is 2.23. The number of hydrogen-bond acceptors (Lipinski definition) is 8. The van der Waals surface area contributed by atoms with Gasteiger partial charge in [0.2, 0.25) is 0 Å². The Balaban J connectivity index is 1.30. The number of anilines is 2. The molecule has 184 valence electrons. The van der Waals surface area contributed by atoms with Gasteiger partial charge in [0.15, 0.2) is 10.9 Å². The molecule has 2 aliphatic heterocycles. The lowest BCUT2D eigenvalue weighted by Gasteiger charge is -2.34. The molecule has 35 heavy (non-hydrogen) atoms. The molecule has 0 bridgehead atoms. The van der Waals surface area contributed by atoms with Crippen molar-refractivity contribution >= 4 is 46.9 Å². The van der Waals surface area contributed by atoms with Gasteiger partial charge >= 0.3 is 12.1 Å². The molecule has 4 rings (SSSR count). The Bertz CT molecular complexity index is 1120. The lowest BCUT2D eigenvalue weighted by molar-refractivity contribution is -0.136. The molecule has 2 fully saturated rings. The van der Waals surface area contributed by atoms with Crippen LogP contribution in [-0.2, 0) is 16.0 Å². The highest BCUT2D eigenvalue weighted by atomic mass is 32.1. The molecular weight excluding hydrogens is 472 g/mol. The Morgan fingerprint density at radius 2 is 1.80 bits per heavy atom. The number of rotatable bonds is 6. The second-order valence-electron chi connectivity index (χ2n) is 8.63. The minimum absolute atomic E-state index is 0.0703. The molecular formula is C23H26N6O5S. The van der Waals surface area contributed by atoms with Crippen LogP contribution in [-0.4, -0.2) is 75.3 Å². The molecule has 2 N–H and O–H groups in total. The van der Waals surface area contributed by atoms with Crippen molar-refractivity contribution in [3.63, 3.8) is 0 Å². The summed E-state index contributed by atoms with van der Waals surface area (Å²) in [6, 6.07) is 6.31. The van der Waals surface area contributed by atoms with Crippen LogP contribution in [0.25, 0.3) is 0 Å². The average molecular weight is 499 g/mol. The van der Waals surface area contributed by atoms with Crippen LogP contribution in [0.2, 0.25) is 0 Å². The number of carbonyl (C=O) groups excluding carboxylic acids is 2. The zero-order valence-electron chi connectivity index (χ0n) is 19.4. The van der Waals surface area contributed by atoms with E-state index in [1.54, 1.807) is 35.4 Å². The largest absolute Gasteiger partial charge is 0.481 e. The summed E-state index contributed by atoms with van der Waals surface area (Å²) in [4.78, 5) is 49.6. The van der Waals surface area contributed by atoms with Crippen LogP contribution in [0.15, 0.2) is 36.7 Å². The van der Waals surface area contributed by atoms with Gasteiger partial charge in [-0.15, -0.1) is 0 Å². The number of nitrogens with one attached hydrogen (secondary N) is 1. The van der Waals surface area contributed by atoms with Crippen molar-refractivity contribution < 1.29 is 24.2 Å². The van der Waals surface area contributed by atoms with Crippen LogP contribution in [0.3, 0.4) is 0 Å². The molecule has 1 unspecified atom stereocenters. The third-order valence-corrected chi connectivity index (χ3v) is 6.12. The highest BCUT2D eigenvalue weighted by Gasteiger charge is 2.38. The molecule has 2 aromatic rings. The Labute approximate surface area is 207 Å². The molecule has 2 aromatic heterocycles. The van der Waals surface area contributed by atoms with Crippen LogP contribution in [0, 0.1) is 5.92 Å². The number of amides is 2. The molecule has 1 atom stereocenters. The molecule has 0 saturated carbocycles. The van der Waals surface area contributed by atoms with Gasteiger partial charge in [-0.1, -0.05) is 19.9 Å². The third kappa shape index (κ3) is 5.48. The molecule has 4 heterocycles. The molecule has 0 aliphatic carbocycles. The monoisotopic (exact) mass is 498 g/mol. The zero-order valence-corrected chi connectivity index (χ0v) is 20.2. The summed E-state index contributed by atoms with van der Waals surface area (Å²) >= 11 is 5.28. The number of nitrogens with zero attached hydrogens (tertiary/aromatic N) is 5. The third-order valence-electron chi connectivity index (χ3n) is 5.82. The summed E-state index contributed by atoms with van der Waals surface area (Å²) in [7, 11) is 0. The number of pyridine rings is 2. The van der Waals surface area contributed by atoms with Gasteiger partial charge in [0.05, 0.1) is 12.6 Å². The van der Waals surface area contributed by atoms with Crippen LogP contribution >= 0.6 is 12.2 Å². The first kappa shape index (κ1) is 24.3. The van der Waals surface area contributed by atoms with E-state index in [0.29, 0.717) is 42.7 Å². The summed E-state index contributed by atoms with van der Waals surface area (Å²) < 4.78 is 5.46. The van der Waals surface area contributed by atoms with Crippen molar-refractivity contribution in [3.05, 3.63) is 42.2 Å². The predicted octanol–water partition coefficient (Wildman–Crippen LogP) is 1.67. The molecule has 2 aliphatic rings. The molecule has 0 radical (unpaired) electrons. The number of aromatic nitrogens is 2. The number of hydrogen-bond donors (Lipinski definition) is 2. The SMILES string of the molecule is CC(C)C1NC(=S)N(c2ccc(OC(=O)N3CCN(c4ccc(CC(=O)O)cn4)CC3)cn2)C1=O. The van der Waals surface area contributed by atoms with E-state index in [-0.39, 0.29) is 24.0 Å². The van der Waals surface area contributed by atoms with Gasteiger partial charge < -0.3 is 25.0 Å². The standard InChI is InChI=1S/C23H26N6O5S/c1-14(2)20-21(32)29(22(35)26-20)18-6-4-16(13-25-18)34-23(33)28-9-7-27(8-10-28)17-5-3-15(12-24-17)11-19(30)31/h3-6,12-14,20H,7-11H2,1-2H3,(H,26,35)(H,30,31). The van der Waals surface area contributed by atoms with Crippen molar-refractivity contribution in [2.75, 3.05) is 36.0 Å². The van der Waals surface area contributed by atoms with E-state index < -0.39 is 18.1 Å². The maximum Gasteiger partial charge on any atom is 0.415 e. The Morgan fingerprint density at radius 1 is 1.11 bits per heavy atom. The number of piperazine rings is 1. The average Bonchev–Trinajstić information content (AvgIpc) is 3.14. The second-order valence-corrected chi connectivity index (χ2v) is 9.02. The van der Waals surface area contributed by atoms with E-state index in [1.807, 2.05) is 18.7 Å². The quantitative estimate of drug-likeness (QED) is 0.568. The summed E-state index contributed by atoms with van der Waals surface area (Å²) in [5.74, 6) is 0.384. The number of carboxylic acids is 1. The minimum Gasteiger partial charge on any atom is -0.481 e. The van der Waals surface area contributed by atoms with Gasteiger partial charge in [0.1, 0.15) is 17.7 Å².